The average molecular weight is 448 g/mol. The minimum absolute atomic E-state index is 0.0820. The summed E-state index contributed by atoms with van der Waals surface area (Å²) in [6, 6.07) is 10.9. The molecule has 4 rings (SSSR count). The van der Waals surface area contributed by atoms with Crippen molar-refractivity contribution in [3.05, 3.63) is 52.2 Å². The summed E-state index contributed by atoms with van der Waals surface area (Å²) in [7, 11) is -3.44. The van der Waals surface area contributed by atoms with Crippen LogP contribution in [0.1, 0.15) is 29.7 Å². The summed E-state index contributed by atoms with van der Waals surface area (Å²) in [4.78, 5) is 19.3. The molecule has 1 aliphatic rings. The van der Waals surface area contributed by atoms with Crippen molar-refractivity contribution in [1.82, 2.24) is 9.71 Å². The summed E-state index contributed by atoms with van der Waals surface area (Å²) in [6.45, 7) is 2.05. The second kappa shape index (κ2) is 8.35. The number of sulfonamides is 1. The third-order valence-electron chi connectivity index (χ3n) is 4.52. The highest BCUT2D eigenvalue weighted by Gasteiger charge is 2.27. The fourth-order valence-corrected chi connectivity index (χ4v) is 5.71. The van der Waals surface area contributed by atoms with Crippen LogP contribution >= 0.6 is 22.7 Å². The van der Waals surface area contributed by atoms with Crippen molar-refractivity contribution in [2.45, 2.75) is 43.5 Å². The molecule has 29 heavy (non-hydrogen) atoms. The van der Waals surface area contributed by atoms with Crippen LogP contribution in [-0.2, 0) is 21.2 Å². The molecule has 0 bridgehead atoms. The molecule has 9 heteroatoms. The molecule has 0 saturated heterocycles. The van der Waals surface area contributed by atoms with Crippen LogP contribution in [0.25, 0.3) is 10.6 Å². The number of benzene rings is 1. The molecule has 2 aromatic heterocycles. The Morgan fingerprint density at radius 1 is 1.17 bits per heavy atom. The topological polar surface area (TPSA) is 88.2 Å². The number of hydrogen-bond acceptors (Lipinski definition) is 6. The fourth-order valence-electron chi connectivity index (χ4n) is 2.78. The first-order valence-electron chi connectivity index (χ1n) is 9.32. The van der Waals surface area contributed by atoms with E-state index in [2.05, 4.69) is 28.0 Å². The van der Waals surface area contributed by atoms with Gasteiger partial charge < -0.3 is 5.32 Å². The maximum absolute atomic E-state index is 12.2. The van der Waals surface area contributed by atoms with Gasteiger partial charge in [-0.1, -0.05) is 12.1 Å². The Morgan fingerprint density at radius 3 is 2.59 bits per heavy atom. The highest BCUT2D eigenvalue weighted by molar-refractivity contribution is 7.89. The predicted octanol–water partition coefficient (Wildman–Crippen LogP) is 4.19. The lowest BCUT2D eigenvalue weighted by Crippen LogP contribution is -2.25. The van der Waals surface area contributed by atoms with Crippen molar-refractivity contribution < 1.29 is 13.2 Å². The Balaban J connectivity index is 1.30. The quantitative estimate of drug-likeness (QED) is 0.542. The maximum atomic E-state index is 12.2. The van der Waals surface area contributed by atoms with E-state index < -0.39 is 10.0 Å². The molecule has 0 aliphatic heterocycles. The van der Waals surface area contributed by atoms with Gasteiger partial charge in [-0.3, -0.25) is 4.79 Å². The number of carbonyl (C=O) groups excluding carboxylic acids is 1. The minimum Gasteiger partial charge on any atom is -0.302 e. The maximum Gasteiger partial charge on any atom is 0.240 e. The van der Waals surface area contributed by atoms with Crippen LogP contribution in [-0.4, -0.2) is 25.4 Å². The zero-order valence-corrected chi connectivity index (χ0v) is 18.3. The van der Waals surface area contributed by atoms with Gasteiger partial charge in [0, 0.05) is 22.7 Å². The highest BCUT2D eigenvalue weighted by Crippen LogP contribution is 2.30. The molecule has 3 aromatic rings. The normalized spacial score (nSPS) is 14.1. The number of aromatic nitrogens is 1. The van der Waals surface area contributed by atoms with Crippen LogP contribution in [0.5, 0.6) is 0 Å². The zero-order valence-electron chi connectivity index (χ0n) is 15.8. The smallest absolute Gasteiger partial charge is 0.240 e. The second-order valence-electron chi connectivity index (χ2n) is 7.04. The zero-order chi connectivity index (χ0) is 20.4. The predicted molar refractivity (Wildman–Crippen MR) is 117 cm³/mol. The number of hydrogen-bond donors (Lipinski definition) is 2. The minimum atomic E-state index is -3.44. The van der Waals surface area contributed by atoms with E-state index in [0.29, 0.717) is 18.0 Å². The lowest BCUT2D eigenvalue weighted by Gasteiger charge is -2.07. The molecule has 6 nitrogen and oxygen atoms in total. The number of aryl methyl sites for hydroxylation is 2. The van der Waals surface area contributed by atoms with Crippen molar-refractivity contribution in [1.29, 1.82) is 0 Å². The number of nitrogens with zero attached hydrogens (tertiary/aromatic N) is 1. The molecule has 152 valence electrons. The summed E-state index contributed by atoms with van der Waals surface area (Å²) < 4.78 is 27.0. The molecule has 0 radical (unpaired) electrons. The van der Waals surface area contributed by atoms with Gasteiger partial charge in [0.2, 0.25) is 15.9 Å². The van der Waals surface area contributed by atoms with Gasteiger partial charge in [-0.25, -0.2) is 18.1 Å². The second-order valence-corrected chi connectivity index (χ2v) is 10.9. The standard InChI is InChI=1S/C20H21N3O3S3/c1-13-2-10-18(28-13)17-12-27-20(21-17)22-19(24)11-5-14-3-8-16(9-4-14)29(25,26)23-15-6-7-15/h2-4,8-10,12,15,23H,5-7,11H2,1H3,(H,21,22,24). The van der Waals surface area contributed by atoms with Gasteiger partial charge in [0.15, 0.2) is 5.13 Å². The van der Waals surface area contributed by atoms with E-state index >= 15 is 0 Å². The van der Waals surface area contributed by atoms with Gasteiger partial charge >= 0.3 is 0 Å². The van der Waals surface area contributed by atoms with Crippen LogP contribution in [0.4, 0.5) is 5.13 Å². The summed E-state index contributed by atoms with van der Waals surface area (Å²) >= 11 is 3.08. The first-order valence-corrected chi connectivity index (χ1v) is 12.5. The first kappa shape index (κ1) is 20.2. The number of nitrogens with one attached hydrogen (secondary N) is 2. The van der Waals surface area contributed by atoms with E-state index in [1.807, 2.05) is 11.4 Å². The molecular formula is C20H21N3O3S3. The molecule has 2 heterocycles. The number of carbonyl (C=O) groups is 1. The van der Waals surface area contributed by atoms with Crippen molar-refractivity contribution in [3.8, 4) is 10.6 Å². The number of rotatable bonds is 8. The van der Waals surface area contributed by atoms with Crippen LogP contribution in [0.15, 0.2) is 46.7 Å². The lowest BCUT2D eigenvalue weighted by atomic mass is 10.1. The van der Waals surface area contributed by atoms with E-state index in [0.717, 1.165) is 29.0 Å². The molecule has 2 N–H and O–H groups in total. The Bertz CT molecular complexity index is 1110. The van der Waals surface area contributed by atoms with E-state index in [9.17, 15) is 13.2 Å². The third-order valence-corrected chi connectivity index (χ3v) is 7.83. The van der Waals surface area contributed by atoms with Crippen molar-refractivity contribution in [3.63, 3.8) is 0 Å². The highest BCUT2D eigenvalue weighted by atomic mass is 32.2. The van der Waals surface area contributed by atoms with E-state index in [1.54, 1.807) is 35.6 Å². The van der Waals surface area contributed by atoms with E-state index in [4.69, 9.17) is 0 Å². The number of thiophene rings is 1. The van der Waals surface area contributed by atoms with Crippen LogP contribution < -0.4 is 10.0 Å². The summed E-state index contributed by atoms with van der Waals surface area (Å²) in [6.07, 6.45) is 2.64. The number of thiazole rings is 1. The van der Waals surface area contributed by atoms with Crippen molar-refractivity contribution in [2.75, 3.05) is 5.32 Å². The van der Waals surface area contributed by atoms with Crippen LogP contribution in [0, 0.1) is 6.92 Å². The Hall–Kier alpha value is -2.07. The van der Waals surface area contributed by atoms with Crippen molar-refractivity contribution in [2.24, 2.45) is 0 Å². The molecule has 1 saturated carbocycles. The molecule has 1 aliphatic carbocycles. The van der Waals surface area contributed by atoms with E-state index in [1.165, 1.54) is 16.2 Å². The monoisotopic (exact) mass is 447 g/mol. The van der Waals surface area contributed by atoms with Gasteiger partial charge in [-0.2, -0.15) is 0 Å². The Kier molecular flexibility index (Phi) is 5.82. The van der Waals surface area contributed by atoms with Crippen LogP contribution in [0.3, 0.4) is 0 Å². The Morgan fingerprint density at radius 2 is 1.93 bits per heavy atom. The van der Waals surface area contributed by atoms with Crippen molar-refractivity contribution >= 4 is 43.7 Å². The summed E-state index contributed by atoms with van der Waals surface area (Å²) in [5.74, 6) is -0.111. The molecule has 1 aromatic carbocycles. The average Bonchev–Trinajstić information content (AvgIpc) is 3.18. The Labute approximate surface area is 178 Å². The molecule has 1 amide bonds. The molecule has 0 unspecified atom stereocenters. The lowest BCUT2D eigenvalue weighted by molar-refractivity contribution is -0.116. The number of amides is 1. The van der Waals surface area contributed by atoms with Crippen LogP contribution in [0.2, 0.25) is 0 Å². The third kappa shape index (κ3) is 5.30. The van der Waals surface area contributed by atoms with Gasteiger partial charge in [-0.15, -0.1) is 22.7 Å². The molecule has 0 atom stereocenters. The van der Waals surface area contributed by atoms with Gasteiger partial charge in [0.1, 0.15) is 0 Å². The largest absolute Gasteiger partial charge is 0.302 e. The summed E-state index contributed by atoms with van der Waals surface area (Å²) in [5.41, 5.74) is 1.79. The van der Waals surface area contributed by atoms with Gasteiger partial charge in [0.25, 0.3) is 0 Å². The number of anilines is 1. The fraction of sp³-hybridized carbons (Fsp3) is 0.300. The van der Waals surface area contributed by atoms with Gasteiger partial charge in [-0.05, 0) is 56.0 Å². The van der Waals surface area contributed by atoms with E-state index in [-0.39, 0.29) is 16.8 Å². The molecule has 0 spiro atoms. The first-order chi connectivity index (χ1) is 13.9. The molecular weight excluding hydrogens is 426 g/mol. The molecule has 1 fully saturated rings. The summed E-state index contributed by atoms with van der Waals surface area (Å²) in [5, 5.41) is 5.37. The SMILES string of the molecule is Cc1ccc(-c2csc(NC(=O)CCc3ccc(S(=O)(=O)NC4CC4)cc3)n2)s1. The van der Waals surface area contributed by atoms with Gasteiger partial charge in [0.05, 0.1) is 15.5 Å².